The molecule has 1 atom stereocenters. The number of nitrogens with one attached hydrogen (secondary N) is 2. The molecule has 1 saturated heterocycles. The molecular weight excluding hydrogens is 283 g/mol. The van der Waals surface area contributed by atoms with E-state index in [2.05, 4.69) is 17.6 Å². The third-order valence-corrected chi connectivity index (χ3v) is 3.81. The normalized spacial score (nSPS) is 22.4. The lowest BCUT2D eigenvalue weighted by Gasteiger charge is -2.34. The molecule has 1 amide bonds. The van der Waals surface area contributed by atoms with E-state index in [1.54, 1.807) is 12.1 Å². The van der Waals surface area contributed by atoms with E-state index in [1.165, 1.54) is 6.42 Å². The molecule has 1 aliphatic heterocycles. The Hall–Kier alpha value is -0.770. The van der Waals surface area contributed by atoms with Crippen LogP contribution in [0.25, 0.3) is 0 Å². The first kappa shape index (κ1) is 16.3. The Bertz CT molecular complexity index is 431. The fourth-order valence-electron chi connectivity index (χ4n) is 2.30. The lowest BCUT2D eigenvalue weighted by Crippen LogP contribution is -2.45. The topological polar surface area (TPSA) is 41.1 Å². The van der Waals surface area contributed by atoms with Crippen molar-refractivity contribution in [3.8, 4) is 0 Å². The highest BCUT2D eigenvalue weighted by Gasteiger charge is 2.27. The van der Waals surface area contributed by atoms with E-state index < -0.39 is 0 Å². The van der Waals surface area contributed by atoms with Crippen LogP contribution in [0.15, 0.2) is 24.3 Å². The van der Waals surface area contributed by atoms with E-state index in [-0.39, 0.29) is 23.7 Å². The number of benzene rings is 1. The van der Waals surface area contributed by atoms with Gasteiger partial charge in [-0.1, -0.05) is 30.7 Å². The molecule has 5 heteroatoms. The van der Waals surface area contributed by atoms with Crippen LogP contribution in [0, 0.1) is 5.41 Å². The van der Waals surface area contributed by atoms with Crippen LogP contribution in [0.2, 0.25) is 5.02 Å². The molecule has 0 saturated carbocycles. The summed E-state index contributed by atoms with van der Waals surface area (Å²) < 4.78 is 0. The molecule has 0 radical (unpaired) electrons. The second kappa shape index (κ2) is 7.13. The van der Waals surface area contributed by atoms with Crippen molar-refractivity contribution in [2.75, 3.05) is 19.6 Å². The van der Waals surface area contributed by atoms with Crippen molar-refractivity contribution < 1.29 is 4.79 Å². The Balaban J connectivity index is 0.00000180. The Morgan fingerprint density at radius 1 is 1.47 bits per heavy atom. The average Bonchev–Trinajstić information content (AvgIpc) is 2.38. The summed E-state index contributed by atoms with van der Waals surface area (Å²) in [5.74, 6) is -0.0904. The summed E-state index contributed by atoms with van der Waals surface area (Å²) in [6, 6.07) is 7.13. The minimum absolute atomic E-state index is 0. The molecule has 2 rings (SSSR count). The highest BCUT2D eigenvalue weighted by molar-refractivity contribution is 6.33. The van der Waals surface area contributed by atoms with Crippen molar-refractivity contribution in [2.24, 2.45) is 5.41 Å². The van der Waals surface area contributed by atoms with Crippen LogP contribution in [0.3, 0.4) is 0 Å². The smallest absolute Gasteiger partial charge is 0.252 e. The molecule has 0 spiro atoms. The van der Waals surface area contributed by atoms with Crippen molar-refractivity contribution >= 4 is 29.9 Å². The van der Waals surface area contributed by atoms with Gasteiger partial charge in [-0.15, -0.1) is 12.4 Å². The van der Waals surface area contributed by atoms with Gasteiger partial charge in [-0.3, -0.25) is 4.79 Å². The Labute approximate surface area is 125 Å². The van der Waals surface area contributed by atoms with E-state index in [1.807, 2.05) is 12.1 Å². The molecule has 1 aliphatic rings. The van der Waals surface area contributed by atoms with Gasteiger partial charge in [0.05, 0.1) is 10.6 Å². The fourth-order valence-corrected chi connectivity index (χ4v) is 2.53. The summed E-state index contributed by atoms with van der Waals surface area (Å²) in [5, 5.41) is 6.86. The monoisotopic (exact) mass is 302 g/mol. The molecule has 1 fully saturated rings. The molecule has 0 bridgehead atoms. The highest BCUT2D eigenvalue weighted by Crippen LogP contribution is 2.24. The van der Waals surface area contributed by atoms with Crippen LogP contribution in [0.1, 0.15) is 30.1 Å². The van der Waals surface area contributed by atoms with E-state index in [0.717, 1.165) is 19.5 Å². The molecule has 1 aromatic rings. The summed E-state index contributed by atoms with van der Waals surface area (Å²) in [6.45, 7) is 4.92. The number of rotatable bonds is 3. The lowest BCUT2D eigenvalue weighted by atomic mass is 9.83. The lowest BCUT2D eigenvalue weighted by molar-refractivity contribution is 0.0925. The van der Waals surface area contributed by atoms with Crippen LogP contribution >= 0.6 is 24.0 Å². The SMILES string of the molecule is CC1(CNC(=O)c2ccccc2Cl)CCCNC1.Cl. The van der Waals surface area contributed by atoms with Gasteiger partial charge >= 0.3 is 0 Å². The minimum atomic E-state index is -0.0904. The minimum Gasteiger partial charge on any atom is -0.351 e. The third-order valence-electron chi connectivity index (χ3n) is 3.48. The molecule has 1 heterocycles. The van der Waals surface area contributed by atoms with Crippen molar-refractivity contribution in [3.63, 3.8) is 0 Å². The third kappa shape index (κ3) is 4.37. The number of halogens is 2. The predicted octanol–water partition coefficient (Wildman–Crippen LogP) is 2.88. The molecule has 0 aromatic heterocycles. The molecule has 1 aromatic carbocycles. The van der Waals surface area contributed by atoms with Crippen molar-refractivity contribution in [1.82, 2.24) is 10.6 Å². The predicted molar refractivity (Wildman–Crippen MR) is 81.2 cm³/mol. The van der Waals surface area contributed by atoms with Gasteiger partial charge < -0.3 is 10.6 Å². The van der Waals surface area contributed by atoms with Gasteiger partial charge in [-0.2, -0.15) is 0 Å². The van der Waals surface area contributed by atoms with Crippen molar-refractivity contribution in [3.05, 3.63) is 34.9 Å². The van der Waals surface area contributed by atoms with Crippen molar-refractivity contribution in [2.45, 2.75) is 19.8 Å². The maximum Gasteiger partial charge on any atom is 0.252 e. The van der Waals surface area contributed by atoms with Gasteiger partial charge in [-0.25, -0.2) is 0 Å². The maximum absolute atomic E-state index is 12.0. The highest BCUT2D eigenvalue weighted by atomic mass is 35.5. The van der Waals surface area contributed by atoms with Crippen LogP contribution in [-0.4, -0.2) is 25.5 Å². The zero-order valence-corrected chi connectivity index (χ0v) is 12.6. The summed E-state index contributed by atoms with van der Waals surface area (Å²) in [5.41, 5.74) is 0.696. The molecule has 106 valence electrons. The van der Waals surface area contributed by atoms with Crippen molar-refractivity contribution in [1.29, 1.82) is 0 Å². The molecule has 0 aliphatic carbocycles. The standard InChI is InChI=1S/C14H19ClN2O.ClH/c1-14(7-4-8-16-9-14)10-17-13(18)11-5-2-3-6-12(11)15;/h2-3,5-6,16H,4,7-10H2,1H3,(H,17,18);1H. The summed E-state index contributed by atoms with van der Waals surface area (Å²) in [7, 11) is 0. The quantitative estimate of drug-likeness (QED) is 0.901. The molecule has 19 heavy (non-hydrogen) atoms. The first-order valence-electron chi connectivity index (χ1n) is 6.34. The van der Waals surface area contributed by atoms with Crippen LogP contribution in [-0.2, 0) is 0 Å². The Morgan fingerprint density at radius 3 is 2.84 bits per heavy atom. The average molecular weight is 303 g/mol. The van der Waals surface area contributed by atoms with Crippen LogP contribution < -0.4 is 10.6 Å². The van der Waals surface area contributed by atoms with E-state index >= 15 is 0 Å². The number of hydrogen-bond acceptors (Lipinski definition) is 2. The number of hydrogen-bond donors (Lipinski definition) is 2. The van der Waals surface area contributed by atoms with Crippen LogP contribution in [0.5, 0.6) is 0 Å². The zero-order valence-electron chi connectivity index (χ0n) is 11.0. The number of piperidine rings is 1. The molecule has 2 N–H and O–H groups in total. The van der Waals surface area contributed by atoms with E-state index in [0.29, 0.717) is 17.1 Å². The van der Waals surface area contributed by atoms with Gasteiger partial charge in [0.2, 0.25) is 0 Å². The van der Waals surface area contributed by atoms with Gasteiger partial charge in [0.15, 0.2) is 0 Å². The first-order chi connectivity index (χ1) is 8.61. The van der Waals surface area contributed by atoms with Crippen LogP contribution in [0.4, 0.5) is 0 Å². The summed E-state index contributed by atoms with van der Waals surface area (Å²) in [4.78, 5) is 12.0. The number of amides is 1. The second-order valence-electron chi connectivity index (χ2n) is 5.25. The number of carbonyl (C=O) groups is 1. The summed E-state index contributed by atoms with van der Waals surface area (Å²) >= 11 is 6.00. The van der Waals surface area contributed by atoms with Gasteiger partial charge in [0, 0.05) is 13.1 Å². The molecule has 3 nitrogen and oxygen atoms in total. The van der Waals surface area contributed by atoms with Gasteiger partial charge in [-0.05, 0) is 36.9 Å². The number of carbonyl (C=O) groups excluding carboxylic acids is 1. The first-order valence-corrected chi connectivity index (χ1v) is 6.72. The fraction of sp³-hybridized carbons (Fsp3) is 0.500. The Kier molecular flexibility index (Phi) is 6.11. The maximum atomic E-state index is 12.0. The second-order valence-corrected chi connectivity index (χ2v) is 5.66. The van der Waals surface area contributed by atoms with E-state index in [4.69, 9.17) is 11.6 Å². The molecule has 1 unspecified atom stereocenters. The zero-order chi connectivity index (χ0) is 13.0. The van der Waals surface area contributed by atoms with Gasteiger partial charge in [0.1, 0.15) is 0 Å². The molecular formula is C14H20Cl2N2O. The Morgan fingerprint density at radius 2 is 2.21 bits per heavy atom. The summed E-state index contributed by atoms with van der Waals surface area (Å²) in [6.07, 6.45) is 2.31. The largest absolute Gasteiger partial charge is 0.351 e. The van der Waals surface area contributed by atoms with E-state index in [9.17, 15) is 4.79 Å². The van der Waals surface area contributed by atoms with Gasteiger partial charge in [0.25, 0.3) is 5.91 Å².